The molecular formula is C18H16FN3O2S. The van der Waals surface area contributed by atoms with Gasteiger partial charge in [0.25, 0.3) is 0 Å². The van der Waals surface area contributed by atoms with E-state index in [9.17, 15) is 14.0 Å². The molecule has 0 saturated heterocycles. The molecule has 2 rings (SSSR count). The molecule has 3 N–H and O–H groups in total. The fourth-order valence-electron chi connectivity index (χ4n) is 1.88. The van der Waals surface area contributed by atoms with E-state index in [2.05, 4.69) is 16.2 Å². The zero-order valence-electron chi connectivity index (χ0n) is 13.2. The topological polar surface area (TPSA) is 70.2 Å². The Balaban J connectivity index is 1.73. The average Bonchev–Trinajstić information content (AvgIpc) is 2.60. The molecule has 0 spiro atoms. The van der Waals surface area contributed by atoms with Crippen molar-refractivity contribution in [2.24, 2.45) is 0 Å². The van der Waals surface area contributed by atoms with Gasteiger partial charge in [-0.05, 0) is 41.6 Å². The van der Waals surface area contributed by atoms with Gasteiger partial charge >= 0.3 is 0 Å². The monoisotopic (exact) mass is 357 g/mol. The fraction of sp³-hybridized carbons (Fsp3) is 0.0556. The lowest BCUT2D eigenvalue weighted by Crippen LogP contribution is -2.48. The molecule has 0 unspecified atom stereocenters. The van der Waals surface area contributed by atoms with Crippen molar-refractivity contribution < 1.29 is 14.0 Å². The van der Waals surface area contributed by atoms with E-state index < -0.39 is 5.91 Å². The molecule has 0 radical (unpaired) electrons. The van der Waals surface area contributed by atoms with Crippen LogP contribution in [0.5, 0.6) is 0 Å². The first kappa shape index (κ1) is 18.3. The molecule has 0 aliphatic heterocycles. The maximum Gasteiger partial charge on any atom is 0.250 e. The Hall–Kier alpha value is -3.06. The van der Waals surface area contributed by atoms with Gasteiger partial charge in [-0.3, -0.25) is 25.8 Å². The standard InChI is InChI=1S/C18H16FN3O2S/c19-15-9-6-13(7-10-15)8-11-16(23)20-18(25)22-21-17(24)12-14-4-2-1-3-5-14/h1-11H,12H2,(H,21,24)(H2,20,22,23,25). The van der Waals surface area contributed by atoms with Crippen LogP contribution >= 0.6 is 12.2 Å². The minimum absolute atomic E-state index is 0.0323. The first-order valence-corrected chi connectivity index (χ1v) is 7.81. The summed E-state index contributed by atoms with van der Waals surface area (Å²) in [7, 11) is 0. The van der Waals surface area contributed by atoms with Crippen LogP contribution in [0.25, 0.3) is 6.08 Å². The summed E-state index contributed by atoms with van der Waals surface area (Å²) >= 11 is 4.92. The number of hydrazine groups is 1. The minimum atomic E-state index is -0.473. The summed E-state index contributed by atoms with van der Waals surface area (Å²) in [6, 6.07) is 14.9. The quantitative estimate of drug-likeness (QED) is 0.445. The second kappa shape index (κ2) is 9.29. The maximum atomic E-state index is 12.8. The second-order valence-electron chi connectivity index (χ2n) is 5.04. The lowest BCUT2D eigenvalue weighted by molar-refractivity contribution is -0.121. The fourth-order valence-corrected chi connectivity index (χ4v) is 2.03. The number of rotatable bonds is 4. The Morgan fingerprint density at radius 3 is 2.36 bits per heavy atom. The molecule has 0 heterocycles. The van der Waals surface area contributed by atoms with Gasteiger partial charge in [0.2, 0.25) is 11.8 Å². The van der Waals surface area contributed by atoms with Gasteiger partial charge < -0.3 is 0 Å². The van der Waals surface area contributed by atoms with Crippen molar-refractivity contribution in [3.05, 3.63) is 77.6 Å². The number of thiocarbonyl (C=S) groups is 1. The summed E-state index contributed by atoms with van der Waals surface area (Å²) in [4.78, 5) is 23.5. The van der Waals surface area contributed by atoms with Crippen LogP contribution in [0.2, 0.25) is 0 Å². The predicted molar refractivity (Wildman–Crippen MR) is 97.6 cm³/mol. The van der Waals surface area contributed by atoms with Crippen LogP contribution in [0.1, 0.15) is 11.1 Å². The lowest BCUT2D eigenvalue weighted by atomic mass is 10.1. The first-order valence-electron chi connectivity index (χ1n) is 7.40. The third kappa shape index (κ3) is 6.92. The SMILES string of the molecule is O=C(C=Cc1ccc(F)cc1)NC(=S)NNC(=O)Cc1ccccc1. The van der Waals surface area contributed by atoms with Crippen LogP contribution in [0.4, 0.5) is 4.39 Å². The van der Waals surface area contributed by atoms with Gasteiger partial charge in [0, 0.05) is 6.08 Å². The number of halogens is 1. The van der Waals surface area contributed by atoms with E-state index in [1.807, 2.05) is 30.3 Å². The van der Waals surface area contributed by atoms with E-state index in [4.69, 9.17) is 12.2 Å². The highest BCUT2D eigenvalue weighted by Crippen LogP contribution is 2.04. The maximum absolute atomic E-state index is 12.8. The van der Waals surface area contributed by atoms with Crippen LogP contribution in [0.15, 0.2) is 60.7 Å². The Labute approximate surface area is 149 Å². The van der Waals surface area contributed by atoms with Crippen LogP contribution in [-0.2, 0) is 16.0 Å². The summed E-state index contributed by atoms with van der Waals surface area (Å²) < 4.78 is 12.8. The molecule has 5 nitrogen and oxygen atoms in total. The van der Waals surface area contributed by atoms with Crippen LogP contribution in [0, 0.1) is 5.82 Å². The smallest absolute Gasteiger partial charge is 0.250 e. The largest absolute Gasteiger partial charge is 0.298 e. The third-order valence-corrected chi connectivity index (χ3v) is 3.26. The van der Waals surface area contributed by atoms with Gasteiger partial charge in [-0.2, -0.15) is 0 Å². The van der Waals surface area contributed by atoms with Crippen molar-refractivity contribution in [2.45, 2.75) is 6.42 Å². The number of carbonyl (C=O) groups is 2. The molecule has 2 aromatic carbocycles. The van der Waals surface area contributed by atoms with Gasteiger partial charge in [0.1, 0.15) is 5.82 Å². The van der Waals surface area contributed by atoms with Gasteiger partial charge in [0.15, 0.2) is 5.11 Å². The van der Waals surface area contributed by atoms with E-state index in [-0.39, 0.29) is 23.3 Å². The van der Waals surface area contributed by atoms with E-state index >= 15 is 0 Å². The van der Waals surface area contributed by atoms with Gasteiger partial charge in [0.05, 0.1) is 6.42 Å². The van der Waals surface area contributed by atoms with Crippen LogP contribution in [-0.4, -0.2) is 16.9 Å². The highest BCUT2D eigenvalue weighted by Gasteiger charge is 2.05. The second-order valence-corrected chi connectivity index (χ2v) is 5.45. The Bertz CT molecular complexity index is 777. The minimum Gasteiger partial charge on any atom is -0.298 e. The van der Waals surface area contributed by atoms with Crippen molar-refractivity contribution in [2.75, 3.05) is 0 Å². The van der Waals surface area contributed by atoms with E-state index in [0.717, 1.165) is 5.56 Å². The molecule has 0 bridgehead atoms. The molecule has 2 aromatic rings. The van der Waals surface area contributed by atoms with Crippen molar-refractivity contribution in [1.82, 2.24) is 16.2 Å². The summed E-state index contributed by atoms with van der Waals surface area (Å²) in [5, 5.41) is 2.35. The summed E-state index contributed by atoms with van der Waals surface area (Å²) in [6.45, 7) is 0. The molecule has 25 heavy (non-hydrogen) atoms. The van der Waals surface area contributed by atoms with Gasteiger partial charge in [-0.1, -0.05) is 42.5 Å². The molecule has 0 saturated carbocycles. The van der Waals surface area contributed by atoms with Gasteiger partial charge in [-0.25, -0.2) is 4.39 Å². The number of amides is 2. The summed E-state index contributed by atoms with van der Waals surface area (Å²) in [5.74, 6) is -1.11. The highest BCUT2D eigenvalue weighted by molar-refractivity contribution is 7.80. The molecule has 0 atom stereocenters. The van der Waals surface area contributed by atoms with E-state index in [0.29, 0.717) is 5.56 Å². The van der Waals surface area contributed by atoms with Crippen LogP contribution < -0.4 is 16.2 Å². The zero-order chi connectivity index (χ0) is 18.1. The predicted octanol–water partition coefficient (Wildman–Crippen LogP) is 2.10. The molecule has 2 amide bonds. The zero-order valence-corrected chi connectivity index (χ0v) is 14.0. The summed E-state index contributed by atoms with van der Waals surface area (Å²) in [5.41, 5.74) is 6.39. The number of nitrogens with one attached hydrogen (secondary N) is 3. The number of hydrogen-bond donors (Lipinski definition) is 3. The van der Waals surface area contributed by atoms with Gasteiger partial charge in [-0.15, -0.1) is 0 Å². The summed E-state index contributed by atoms with van der Waals surface area (Å²) in [6.07, 6.45) is 2.97. The molecule has 0 fully saturated rings. The lowest BCUT2D eigenvalue weighted by Gasteiger charge is -2.09. The van der Waals surface area contributed by atoms with E-state index in [1.54, 1.807) is 12.1 Å². The number of hydrogen-bond acceptors (Lipinski definition) is 3. The average molecular weight is 357 g/mol. The molecule has 0 aliphatic carbocycles. The first-order chi connectivity index (χ1) is 12.0. The van der Waals surface area contributed by atoms with Crippen molar-refractivity contribution in [3.63, 3.8) is 0 Å². The van der Waals surface area contributed by atoms with Crippen molar-refractivity contribution >= 4 is 35.2 Å². The Morgan fingerprint density at radius 1 is 1.00 bits per heavy atom. The Morgan fingerprint density at radius 2 is 1.68 bits per heavy atom. The molecule has 0 aromatic heterocycles. The normalized spacial score (nSPS) is 10.3. The van der Waals surface area contributed by atoms with E-state index in [1.165, 1.54) is 24.3 Å². The molecular weight excluding hydrogens is 341 g/mol. The van der Waals surface area contributed by atoms with Crippen LogP contribution in [0.3, 0.4) is 0 Å². The van der Waals surface area contributed by atoms with Crippen molar-refractivity contribution in [3.8, 4) is 0 Å². The Kier molecular flexibility index (Phi) is 6.79. The number of carbonyl (C=O) groups excluding carboxylic acids is 2. The molecule has 128 valence electrons. The molecule has 7 heteroatoms. The molecule has 0 aliphatic rings. The number of benzene rings is 2. The highest BCUT2D eigenvalue weighted by atomic mass is 32.1. The van der Waals surface area contributed by atoms with Crippen molar-refractivity contribution in [1.29, 1.82) is 0 Å². The third-order valence-electron chi connectivity index (χ3n) is 3.06.